The number of carbonyl (C=O) groups is 1. The van der Waals surface area contributed by atoms with Crippen molar-refractivity contribution < 1.29 is 18.7 Å². The van der Waals surface area contributed by atoms with E-state index in [-0.39, 0.29) is 12.6 Å². The van der Waals surface area contributed by atoms with Crippen LogP contribution >= 0.6 is 11.3 Å². The first-order valence-electron chi connectivity index (χ1n) is 8.93. The summed E-state index contributed by atoms with van der Waals surface area (Å²) in [7, 11) is 1.55. The lowest BCUT2D eigenvalue weighted by Gasteiger charge is -2.16. The van der Waals surface area contributed by atoms with Crippen molar-refractivity contribution in [3.05, 3.63) is 61.6 Å². The topological polar surface area (TPSA) is 65.7 Å². The lowest BCUT2D eigenvalue weighted by Crippen LogP contribution is -2.08. The molecule has 5 nitrogen and oxygen atoms in total. The van der Waals surface area contributed by atoms with Gasteiger partial charge >= 0.3 is 11.6 Å². The van der Waals surface area contributed by atoms with E-state index in [1.54, 1.807) is 25.3 Å². The highest BCUT2D eigenvalue weighted by Crippen LogP contribution is 2.32. The van der Waals surface area contributed by atoms with Gasteiger partial charge in [0.25, 0.3) is 0 Å². The second-order valence-corrected chi connectivity index (χ2v) is 8.07. The van der Waals surface area contributed by atoms with Crippen molar-refractivity contribution in [2.45, 2.75) is 32.8 Å². The third kappa shape index (κ3) is 3.62. The van der Waals surface area contributed by atoms with E-state index >= 15 is 0 Å². The van der Waals surface area contributed by atoms with Gasteiger partial charge in [0.2, 0.25) is 0 Å². The second kappa shape index (κ2) is 7.19. The zero-order valence-corrected chi connectivity index (χ0v) is 16.1. The van der Waals surface area contributed by atoms with Crippen molar-refractivity contribution >= 4 is 28.3 Å². The van der Waals surface area contributed by atoms with Gasteiger partial charge in [-0.2, -0.15) is 0 Å². The molecule has 1 aliphatic carbocycles. The quantitative estimate of drug-likeness (QED) is 0.494. The summed E-state index contributed by atoms with van der Waals surface area (Å²) < 4.78 is 15.9. The highest BCUT2D eigenvalue weighted by atomic mass is 32.1. The first-order valence-corrected chi connectivity index (χ1v) is 9.74. The molecule has 0 saturated heterocycles. The number of fused-ring (bicyclic) bond motifs is 2. The van der Waals surface area contributed by atoms with Gasteiger partial charge in [-0.1, -0.05) is 6.92 Å². The van der Waals surface area contributed by atoms with Gasteiger partial charge in [0, 0.05) is 28.0 Å². The van der Waals surface area contributed by atoms with Crippen LogP contribution in [0.2, 0.25) is 0 Å². The third-order valence-electron chi connectivity index (χ3n) is 4.93. The molecule has 2 heterocycles. The van der Waals surface area contributed by atoms with Gasteiger partial charge in [-0.25, -0.2) is 9.59 Å². The summed E-state index contributed by atoms with van der Waals surface area (Å²) in [6.45, 7) is 2.26. The molecule has 140 valence electrons. The number of ether oxygens (including phenoxy) is 2. The third-order valence-corrected chi connectivity index (χ3v) is 6.14. The minimum absolute atomic E-state index is 0.0201. The Bertz CT molecular complexity index is 1060. The molecule has 4 rings (SSSR count). The standard InChI is InChI=1S/C21H20O5S/c1-12-3-6-18-13(7-12)8-19(27-18)21(23)25-11-14-9-20(22)26-17-10-15(24-2)4-5-16(14)17/h4-5,8-10,12H,3,6-7,11H2,1-2H3. The number of methoxy groups -OCH3 is 1. The van der Waals surface area contributed by atoms with Crippen LogP contribution in [0.5, 0.6) is 5.75 Å². The van der Waals surface area contributed by atoms with Crippen LogP contribution in [0.15, 0.2) is 39.5 Å². The monoisotopic (exact) mass is 384 g/mol. The smallest absolute Gasteiger partial charge is 0.348 e. The maximum atomic E-state index is 12.5. The van der Waals surface area contributed by atoms with E-state index < -0.39 is 5.63 Å². The fourth-order valence-corrected chi connectivity index (χ4v) is 4.58. The molecular weight excluding hydrogens is 364 g/mol. The predicted octanol–water partition coefficient (Wildman–Crippen LogP) is 4.34. The largest absolute Gasteiger partial charge is 0.497 e. The Balaban J connectivity index is 1.55. The lowest BCUT2D eigenvalue weighted by atomic mass is 9.90. The summed E-state index contributed by atoms with van der Waals surface area (Å²) in [6, 6.07) is 8.55. The van der Waals surface area contributed by atoms with Crippen molar-refractivity contribution in [2.75, 3.05) is 7.11 Å². The fraction of sp³-hybridized carbons (Fsp3) is 0.333. The average Bonchev–Trinajstić information content (AvgIpc) is 3.08. The van der Waals surface area contributed by atoms with E-state index in [1.807, 2.05) is 6.07 Å². The molecular formula is C21H20O5S. The molecule has 0 fully saturated rings. The molecule has 1 atom stereocenters. The number of carbonyl (C=O) groups excluding carboxylic acids is 1. The highest BCUT2D eigenvalue weighted by Gasteiger charge is 2.21. The van der Waals surface area contributed by atoms with E-state index in [0.717, 1.165) is 24.6 Å². The molecule has 1 unspecified atom stereocenters. The maximum Gasteiger partial charge on any atom is 0.348 e. The number of aryl methyl sites for hydroxylation is 1. The number of benzene rings is 1. The van der Waals surface area contributed by atoms with Crippen molar-refractivity contribution in [3.63, 3.8) is 0 Å². The Hall–Kier alpha value is -2.60. The van der Waals surface area contributed by atoms with Crippen LogP contribution in [-0.2, 0) is 24.2 Å². The minimum atomic E-state index is -0.484. The van der Waals surface area contributed by atoms with Crippen LogP contribution in [-0.4, -0.2) is 13.1 Å². The fourth-order valence-electron chi connectivity index (χ4n) is 3.48. The predicted molar refractivity (Wildman–Crippen MR) is 104 cm³/mol. The Morgan fingerprint density at radius 3 is 2.96 bits per heavy atom. The number of thiophene rings is 1. The molecule has 0 spiro atoms. The van der Waals surface area contributed by atoms with Gasteiger partial charge in [-0.3, -0.25) is 0 Å². The highest BCUT2D eigenvalue weighted by molar-refractivity contribution is 7.14. The molecule has 0 amide bonds. The summed E-state index contributed by atoms with van der Waals surface area (Å²) in [5.41, 5.74) is 1.81. The summed E-state index contributed by atoms with van der Waals surface area (Å²) in [5.74, 6) is 0.901. The van der Waals surface area contributed by atoms with Crippen LogP contribution in [0, 0.1) is 5.92 Å². The van der Waals surface area contributed by atoms with Crippen LogP contribution < -0.4 is 10.4 Å². The van der Waals surface area contributed by atoms with Crippen LogP contribution in [0.1, 0.15) is 39.0 Å². The first kappa shape index (κ1) is 17.8. The summed E-state index contributed by atoms with van der Waals surface area (Å²) in [4.78, 5) is 26.3. The summed E-state index contributed by atoms with van der Waals surface area (Å²) in [6.07, 6.45) is 3.21. The van der Waals surface area contributed by atoms with Crippen LogP contribution in [0.3, 0.4) is 0 Å². The second-order valence-electron chi connectivity index (χ2n) is 6.94. The van der Waals surface area contributed by atoms with E-state index in [9.17, 15) is 9.59 Å². The molecule has 0 saturated carbocycles. The molecule has 0 N–H and O–H groups in total. The molecule has 2 aromatic heterocycles. The van der Waals surface area contributed by atoms with E-state index in [0.29, 0.717) is 27.7 Å². The Kier molecular flexibility index (Phi) is 4.74. The van der Waals surface area contributed by atoms with Crippen molar-refractivity contribution in [1.82, 2.24) is 0 Å². The molecule has 6 heteroatoms. The molecule has 0 aliphatic heterocycles. The minimum Gasteiger partial charge on any atom is -0.497 e. The van der Waals surface area contributed by atoms with Gasteiger partial charge in [-0.05, 0) is 48.9 Å². The van der Waals surface area contributed by atoms with Gasteiger partial charge in [0.05, 0.1) is 7.11 Å². The van der Waals surface area contributed by atoms with E-state index in [4.69, 9.17) is 13.9 Å². The molecule has 1 aromatic carbocycles. The summed E-state index contributed by atoms with van der Waals surface area (Å²) in [5, 5.41) is 0.725. The van der Waals surface area contributed by atoms with Crippen molar-refractivity contribution in [2.24, 2.45) is 5.92 Å². The van der Waals surface area contributed by atoms with Crippen LogP contribution in [0.25, 0.3) is 11.0 Å². The van der Waals surface area contributed by atoms with Gasteiger partial charge in [-0.15, -0.1) is 11.3 Å². The maximum absolute atomic E-state index is 12.5. The van der Waals surface area contributed by atoms with Crippen LogP contribution in [0.4, 0.5) is 0 Å². The zero-order valence-electron chi connectivity index (χ0n) is 15.2. The number of rotatable bonds is 4. The van der Waals surface area contributed by atoms with E-state index in [1.165, 1.54) is 27.8 Å². The summed E-state index contributed by atoms with van der Waals surface area (Å²) >= 11 is 1.52. The Morgan fingerprint density at radius 2 is 2.15 bits per heavy atom. The molecule has 0 bridgehead atoms. The number of hydrogen-bond acceptors (Lipinski definition) is 6. The Labute approximate surface area is 160 Å². The van der Waals surface area contributed by atoms with Crippen molar-refractivity contribution in [1.29, 1.82) is 0 Å². The number of esters is 1. The van der Waals surface area contributed by atoms with Gasteiger partial charge in [0.1, 0.15) is 22.8 Å². The Morgan fingerprint density at radius 1 is 1.30 bits per heavy atom. The van der Waals surface area contributed by atoms with E-state index in [2.05, 4.69) is 6.92 Å². The SMILES string of the molecule is COc1ccc2c(COC(=O)c3cc4c(s3)CCC(C)C4)cc(=O)oc2c1. The number of hydrogen-bond donors (Lipinski definition) is 0. The first-order chi connectivity index (χ1) is 13.0. The molecule has 0 radical (unpaired) electrons. The van der Waals surface area contributed by atoms with Gasteiger partial charge < -0.3 is 13.9 Å². The molecule has 3 aromatic rings. The normalized spacial score (nSPS) is 16.1. The van der Waals surface area contributed by atoms with Gasteiger partial charge in [0.15, 0.2) is 0 Å². The zero-order chi connectivity index (χ0) is 19.0. The van der Waals surface area contributed by atoms with Crippen molar-refractivity contribution in [3.8, 4) is 5.75 Å². The molecule has 27 heavy (non-hydrogen) atoms. The average molecular weight is 384 g/mol. The lowest BCUT2D eigenvalue weighted by molar-refractivity contribution is 0.0479. The molecule has 1 aliphatic rings.